The monoisotopic (exact) mass is 112 g/mol. The van der Waals surface area contributed by atoms with Crippen molar-refractivity contribution in [3.8, 4) is 0 Å². The lowest BCUT2D eigenvalue weighted by Gasteiger charge is -2.37. The lowest BCUT2D eigenvalue weighted by molar-refractivity contribution is 0.251. The van der Waals surface area contributed by atoms with Crippen LogP contribution in [0.2, 0.25) is 0 Å². The van der Waals surface area contributed by atoms with Crippen LogP contribution >= 0.6 is 0 Å². The van der Waals surface area contributed by atoms with E-state index in [4.69, 9.17) is 0 Å². The number of rotatable bonds is 0. The zero-order valence-corrected chi connectivity index (χ0v) is 4.98. The van der Waals surface area contributed by atoms with Crippen molar-refractivity contribution < 1.29 is 0 Å². The van der Waals surface area contributed by atoms with E-state index in [1.165, 1.54) is 25.9 Å². The molecule has 46 valence electrons. The highest BCUT2D eigenvalue weighted by Crippen LogP contribution is 2.12. The third-order valence-corrected chi connectivity index (χ3v) is 2.17. The van der Waals surface area contributed by atoms with E-state index < -0.39 is 0 Å². The van der Waals surface area contributed by atoms with Gasteiger partial charge in [-0.25, -0.2) is 0 Å². The Morgan fingerprint density at radius 3 is 1.50 bits per heavy atom. The van der Waals surface area contributed by atoms with Gasteiger partial charge in [0.15, 0.2) is 0 Å². The van der Waals surface area contributed by atoms with Crippen molar-refractivity contribution in [1.82, 2.24) is 10.6 Å². The van der Waals surface area contributed by atoms with E-state index in [9.17, 15) is 0 Å². The summed E-state index contributed by atoms with van der Waals surface area (Å²) in [5.74, 6) is 0. The molecule has 0 aromatic heterocycles. The molecule has 3 fully saturated rings. The van der Waals surface area contributed by atoms with Gasteiger partial charge in [-0.15, -0.1) is 0 Å². The number of hydrogen-bond acceptors (Lipinski definition) is 2. The molecule has 3 heterocycles. The largest absolute Gasteiger partial charge is 0.311 e. The lowest BCUT2D eigenvalue weighted by atomic mass is 9.96. The molecule has 2 heteroatoms. The Labute approximate surface area is 49.7 Å². The summed E-state index contributed by atoms with van der Waals surface area (Å²) in [7, 11) is 0. The molecule has 0 aromatic rings. The predicted octanol–water partition coefficient (Wildman–Crippen LogP) is -0.290. The maximum atomic E-state index is 3.46. The maximum Gasteiger partial charge on any atom is 0.0193 e. The third-order valence-electron chi connectivity index (χ3n) is 2.17. The first kappa shape index (κ1) is 4.77. The molecule has 0 aromatic carbocycles. The molecule has 3 aliphatic rings. The summed E-state index contributed by atoms with van der Waals surface area (Å²) in [4.78, 5) is 0. The zero-order chi connectivity index (χ0) is 5.40. The van der Waals surface area contributed by atoms with E-state index in [1.54, 1.807) is 0 Å². The van der Waals surface area contributed by atoms with Gasteiger partial charge < -0.3 is 10.6 Å². The fourth-order valence-electron chi connectivity index (χ4n) is 1.57. The minimum absolute atomic E-state index is 0.792. The molecule has 0 saturated carbocycles. The van der Waals surface area contributed by atoms with Gasteiger partial charge in [-0.2, -0.15) is 0 Å². The zero-order valence-electron chi connectivity index (χ0n) is 4.98. The molecule has 0 spiro atoms. The topological polar surface area (TPSA) is 24.1 Å². The molecule has 3 aliphatic heterocycles. The second kappa shape index (κ2) is 1.71. The Bertz CT molecular complexity index is 61.5. The average molecular weight is 112 g/mol. The lowest BCUT2D eigenvalue weighted by Crippen LogP contribution is -2.58. The van der Waals surface area contributed by atoms with Gasteiger partial charge in [0.2, 0.25) is 0 Å². The van der Waals surface area contributed by atoms with Crippen LogP contribution < -0.4 is 10.6 Å². The van der Waals surface area contributed by atoms with Gasteiger partial charge in [-0.1, -0.05) is 0 Å². The normalized spacial score (nSPS) is 45.0. The fourth-order valence-corrected chi connectivity index (χ4v) is 1.57. The summed E-state index contributed by atoms with van der Waals surface area (Å²) in [6, 6.07) is 1.58. The number of nitrogens with one attached hydrogen (secondary N) is 2. The van der Waals surface area contributed by atoms with Gasteiger partial charge in [0.25, 0.3) is 0 Å². The molecule has 0 radical (unpaired) electrons. The van der Waals surface area contributed by atoms with Gasteiger partial charge in [-0.05, 0) is 12.8 Å². The van der Waals surface area contributed by atoms with Gasteiger partial charge in [0.1, 0.15) is 0 Å². The summed E-state index contributed by atoms with van der Waals surface area (Å²) in [5, 5.41) is 6.91. The summed E-state index contributed by atoms with van der Waals surface area (Å²) >= 11 is 0. The molecule has 3 saturated heterocycles. The van der Waals surface area contributed by atoms with Crippen LogP contribution in [0.15, 0.2) is 0 Å². The van der Waals surface area contributed by atoms with Crippen LogP contribution in [0.5, 0.6) is 0 Å². The van der Waals surface area contributed by atoms with Crippen LogP contribution in [-0.2, 0) is 0 Å². The second-order valence-electron chi connectivity index (χ2n) is 2.79. The Hall–Kier alpha value is -0.0800. The molecular weight excluding hydrogens is 100 g/mol. The Morgan fingerprint density at radius 2 is 1.38 bits per heavy atom. The SMILES string of the molecule is C1C[C@H]2CN[C@@H]1CN2. The van der Waals surface area contributed by atoms with E-state index in [1.807, 2.05) is 0 Å². The van der Waals surface area contributed by atoms with E-state index in [0.717, 1.165) is 12.1 Å². The van der Waals surface area contributed by atoms with E-state index in [2.05, 4.69) is 10.6 Å². The van der Waals surface area contributed by atoms with Crippen LogP contribution in [0.4, 0.5) is 0 Å². The summed E-state index contributed by atoms with van der Waals surface area (Å²) < 4.78 is 0. The standard InChI is InChI=1S/C6H12N2/c1-2-6-4-7-5(1)3-8-6/h5-8H,1-4H2/t5-,6-/m0/s1. The summed E-state index contributed by atoms with van der Waals surface area (Å²) in [6.45, 7) is 2.40. The van der Waals surface area contributed by atoms with Crippen molar-refractivity contribution in [2.24, 2.45) is 0 Å². The Morgan fingerprint density at radius 1 is 0.875 bits per heavy atom. The minimum atomic E-state index is 0.792. The molecule has 0 unspecified atom stereocenters. The molecule has 2 atom stereocenters. The summed E-state index contributed by atoms with van der Waals surface area (Å²) in [5.41, 5.74) is 0. The highest BCUT2D eigenvalue weighted by Gasteiger charge is 2.25. The minimum Gasteiger partial charge on any atom is -0.311 e. The predicted molar refractivity (Wildman–Crippen MR) is 32.8 cm³/mol. The molecule has 8 heavy (non-hydrogen) atoms. The number of piperazine rings is 1. The summed E-state index contributed by atoms with van der Waals surface area (Å²) in [6.07, 6.45) is 2.77. The highest BCUT2D eigenvalue weighted by molar-refractivity contribution is 4.89. The Kier molecular flexibility index (Phi) is 1.02. The molecule has 2 nitrogen and oxygen atoms in total. The van der Waals surface area contributed by atoms with E-state index in [0.29, 0.717) is 0 Å². The van der Waals surface area contributed by atoms with Crippen LogP contribution in [0.1, 0.15) is 12.8 Å². The van der Waals surface area contributed by atoms with Crippen molar-refractivity contribution in [2.45, 2.75) is 24.9 Å². The molecule has 2 bridgehead atoms. The van der Waals surface area contributed by atoms with Gasteiger partial charge in [0, 0.05) is 25.2 Å². The molecule has 0 aliphatic carbocycles. The number of hydrogen-bond donors (Lipinski definition) is 2. The first-order valence-corrected chi connectivity index (χ1v) is 3.42. The molecular formula is C6H12N2. The smallest absolute Gasteiger partial charge is 0.0193 e. The first-order chi connectivity index (χ1) is 3.95. The van der Waals surface area contributed by atoms with Crippen LogP contribution in [-0.4, -0.2) is 25.2 Å². The van der Waals surface area contributed by atoms with E-state index in [-0.39, 0.29) is 0 Å². The fraction of sp³-hybridized carbons (Fsp3) is 1.00. The molecule has 2 N–H and O–H groups in total. The van der Waals surface area contributed by atoms with Gasteiger partial charge >= 0.3 is 0 Å². The molecule has 0 amide bonds. The van der Waals surface area contributed by atoms with Crippen molar-refractivity contribution in [1.29, 1.82) is 0 Å². The third kappa shape index (κ3) is 0.644. The van der Waals surface area contributed by atoms with Crippen molar-refractivity contribution >= 4 is 0 Å². The van der Waals surface area contributed by atoms with E-state index >= 15 is 0 Å². The van der Waals surface area contributed by atoms with Crippen LogP contribution in [0.25, 0.3) is 0 Å². The number of piperidine rings is 2. The van der Waals surface area contributed by atoms with Gasteiger partial charge in [0.05, 0.1) is 0 Å². The van der Waals surface area contributed by atoms with Gasteiger partial charge in [-0.3, -0.25) is 0 Å². The van der Waals surface area contributed by atoms with Crippen LogP contribution in [0, 0.1) is 0 Å². The maximum absolute atomic E-state index is 3.46. The molecule has 3 rings (SSSR count). The average Bonchev–Trinajstić information content (AvgIpc) is 1.92. The van der Waals surface area contributed by atoms with Crippen molar-refractivity contribution in [3.63, 3.8) is 0 Å². The van der Waals surface area contributed by atoms with Crippen molar-refractivity contribution in [3.05, 3.63) is 0 Å². The number of fused-ring (bicyclic) bond motifs is 3. The highest BCUT2D eigenvalue weighted by atomic mass is 15.1. The second-order valence-corrected chi connectivity index (χ2v) is 2.79. The van der Waals surface area contributed by atoms with Crippen LogP contribution in [0.3, 0.4) is 0 Å². The quantitative estimate of drug-likeness (QED) is 0.450. The Balaban J connectivity index is 2.03. The first-order valence-electron chi connectivity index (χ1n) is 3.42. The van der Waals surface area contributed by atoms with Crippen molar-refractivity contribution in [2.75, 3.05) is 13.1 Å².